The number of aryl methyl sites for hydroxylation is 1. The van der Waals surface area contributed by atoms with Gasteiger partial charge in [0.25, 0.3) is 0 Å². The highest BCUT2D eigenvalue weighted by Gasteiger charge is 2.09. The Morgan fingerprint density at radius 1 is 1.38 bits per heavy atom. The molecule has 0 aliphatic heterocycles. The van der Waals surface area contributed by atoms with Gasteiger partial charge in [-0.05, 0) is 12.0 Å². The third kappa shape index (κ3) is 1.57. The van der Waals surface area contributed by atoms with Gasteiger partial charge in [-0.25, -0.2) is 0 Å². The Morgan fingerprint density at radius 3 is 2.88 bits per heavy atom. The molecule has 2 rings (SSSR count). The summed E-state index contributed by atoms with van der Waals surface area (Å²) in [7, 11) is 0. The van der Waals surface area contributed by atoms with Crippen LogP contribution in [0.3, 0.4) is 0 Å². The van der Waals surface area contributed by atoms with Gasteiger partial charge in [0.1, 0.15) is 6.07 Å². The highest BCUT2D eigenvalue weighted by molar-refractivity contribution is 5.93. The van der Waals surface area contributed by atoms with E-state index in [-0.39, 0.29) is 5.69 Å². The molecule has 16 heavy (non-hydrogen) atoms. The average Bonchev–Trinajstić information content (AvgIpc) is 2.31. The summed E-state index contributed by atoms with van der Waals surface area (Å²) in [6.45, 7) is 2.11. The van der Waals surface area contributed by atoms with Gasteiger partial charge in [-0.3, -0.25) is 0 Å². The van der Waals surface area contributed by atoms with Gasteiger partial charge in [-0.2, -0.15) is 5.26 Å². The normalized spacial score (nSPS) is 10.2. The number of aromatic nitrogens is 2. The van der Waals surface area contributed by atoms with Gasteiger partial charge in [-0.15, -0.1) is 10.2 Å². The standard InChI is InChI=1S/C12H12N4/c1-2-4-8-5-3-6-9-11(14)10(7-13)15-16-12(8)9/h3,5-6H,2,4H2,1H3,(H2,14,16). The molecule has 0 fully saturated rings. The largest absolute Gasteiger partial charge is 0.396 e. The van der Waals surface area contributed by atoms with E-state index in [4.69, 9.17) is 11.0 Å². The van der Waals surface area contributed by atoms with Crippen LogP contribution in [0.2, 0.25) is 0 Å². The average molecular weight is 212 g/mol. The second-order valence-electron chi connectivity index (χ2n) is 3.64. The maximum Gasteiger partial charge on any atom is 0.186 e. The van der Waals surface area contributed by atoms with Gasteiger partial charge in [0.2, 0.25) is 0 Å². The number of hydrogen-bond acceptors (Lipinski definition) is 4. The van der Waals surface area contributed by atoms with E-state index in [0.29, 0.717) is 5.69 Å². The molecule has 0 atom stereocenters. The van der Waals surface area contributed by atoms with Crippen molar-refractivity contribution in [3.63, 3.8) is 0 Å². The SMILES string of the molecule is CCCc1cccc2c(N)c(C#N)nnc12. The van der Waals surface area contributed by atoms with E-state index >= 15 is 0 Å². The molecule has 0 saturated heterocycles. The molecule has 1 heterocycles. The number of rotatable bonds is 2. The minimum atomic E-state index is 0.196. The number of nitrogens with two attached hydrogens (primary N) is 1. The first-order valence-corrected chi connectivity index (χ1v) is 5.21. The topological polar surface area (TPSA) is 75.6 Å². The van der Waals surface area contributed by atoms with Crippen molar-refractivity contribution in [1.82, 2.24) is 10.2 Å². The van der Waals surface area contributed by atoms with E-state index in [0.717, 1.165) is 29.3 Å². The van der Waals surface area contributed by atoms with Crippen LogP contribution in [0.4, 0.5) is 5.69 Å². The number of fused-ring (bicyclic) bond motifs is 1. The first-order chi connectivity index (χ1) is 7.77. The summed E-state index contributed by atoms with van der Waals surface area (Å²) >= 11 is 0. The number of nitrogen functional groups attached to an aromatic ring is 1. The number of hydrogen-bond donors (Lipinski definition) is 1. The van der Waals surface area contributed by atoms with Gasteiger partial charge in [0, 0.05) is 5.39 Å². The zero-order valence-corrected chi connectivity index (χ0v) is 9.07. The fraction of sp³-hybridized carbons (Fsp3) is 0.250. The van der Waals surface area contributed by atoms with Crippen molar-refractivity contribution >= 4 is 16.6 Å². The van der Waals surface area contributed by atoms with Crippen molar-refractivity contribution in [2.24, 2.45) is 0 Å². The maximum atomic E-state index is 8.82. The fourth-order valence-electron chi connectivity index (χ4n) is 1.76. The second-order valence-corrected chi connectivity index (χ2v) is 3.64. The third-order valence-corrected chi connectivity index (χ3v) is 2.54. The Bertz CT molecular complexity index is 569. The minimum absolute atomic E-state index is 0.196. The predicted molar refractivity (Wildman–Crippen MR) is 62.7 cm³/mol. The quantitative estimate of drug-likeness (QED) is 0.826. The minimum Gasteiger partial charge on any atom is -0.396 e. The summed E-state index contributed by atoms with van der Waals surface area (Å²) in [5, 5.41) is 17.5. The van der Waals surface area contributed by atoms with E-state index in [2.05, 4.69) is 17.1 Å². The molecule has 2 N–H and O–H groups in total. The van der Waals surface area contributed by atoms with E-state index in [1.165, 1.54) is 0 Å². The van der Waals surface area contributed by atoms with Crippen LogP contribution in [0, 0.1) is 11.3 Å². The van der Waals surface area contributed by atoms with Gasteiger partial charge in [0.05, 0.1) is 11.2 Å². The van der Waals surface area contributed by atoms with Gasteiger partial charge in [0.15, 0.2) is 5.69 Å². The first kappa shape index (κ1) is 10.4. The summed E-state index contributed by atoms with van der Waals surface area (Å²) in [6, 6.07) is 7.77. The number of benzene rings is 1. The van der Waals surface area contributed by atoms with Gasteiger partial charge < -0.3 is 5.73 Å². The van der Waals surface area contributed by atoms with Crippen LogP contribution in [-0.4, -0.2) is 10.2 Å². The van der Waals surface area contributed by atoms with Crippen molar-refractivity contribution in [1.29, 1.82) is 5.26 Å². The highest BCUT2D eigenvalue weighted by Crippen LogP contribution is 2.24. The Hall–Kier alpha value is -2.15. The number of anilines is 1. The molecule has 1 aromatic carbocycles. The zero-order chi connectivity index (χ0) is 11.5. The molecular formula is C12H12N4. The number of nitriles is 1. The molecule has 0 spiro atoms. The Kier molecular flexibility index (Phi) is 2.69. The van der Waals surface area contributed by atoms with E-state index in [1.54, 1.807) is 0 Å². The summed E-state index contributed by atoms with van der Waals surface area (Å²) in [5.41, 5.74) is 8.42. The molecule has 0 amide bonds. The second kappa shape index (κ2) is 4.15. The summed E-state index contributed by atoms with van der Waals surface area (Å²) < 4.78 is 0. The van der Waals surface area contributed by atoms with Crippen LogP contribution < -0.4 is 5.73 Å². The Balaban J connectivity index is 2.73. The van der Waals surface area contributed by atoms with Crippen molar-refractivity contribution < 1.29 is 0 Å². The molecule has 4 heteroatoms. The van der Waals surface area contributed by atoms with Crippen LogP contribution in [0.15, 0.2) is 18.2 Å². The third-order valence-electron chi connectivity index (χ3n) is 2.54. The smallest absolute Gasteiger partial charge is 0.186 e. The lowest BCUT2D eigenvalue weighted by Gasteiger charge is -2.06. The van der Waals surface area contributed by atoms with Crippen LogP contribution >= 0.6 is 0 Å². The lowest BCUT2D eigenvalue weighted by Crippen LogP contribution is -2.00. The lowest BCUT2D eigenvalue weighted by atomic mass is 10.0. The molecule has 0 aliphatic carbocycles. The van der Waals surface area contributed by atoms with Crippen LogP contribution in [0.5, 0.6) is 0 Å². The van der Waals surface area contributed by atoms with Crippen LogP contribution in [0.25, 0.3) is 10.9 Å². The van der Waals surface area contributed by atoms with E-state index in [9.17, 15) is 0 Å². The molecule has 80 valence electrons. The number of nitrogens with zero attached hydrogens (tertiary/aromatic N) is 3. The molecule has 2 aromatic rings. The molecule has 4 nitrogen and oxygen atoms in total. The van der Waals surface area contributed by atoms with Crippen molar-refractivity contribution in [3.05, 3.63) is 29.5 Å². The summed E-state index contributed by atoms with van der Waals surface area (Å²) in [6.07, 6.45) is 1.98. The monoisotopic (exact) mass is 212 g/mol. The molecule has 0 aliphatic rings. The summed E-state index contributed by atoms with van der Waals surface area (Å²) in [5.74, 6) is 0. The van der Waals surface area contributed by atoms with Gasteiger partial charge >= 0.3 is 0 Å². The van der Waals surface area contributed by atoms with Crippen molar-refractivity contribution in [3.8, 4) is 6.07 Å². The highest BCUT2D eigenvalue weighted by atomic mass is 15.1. The maximum absolute atomic E-state index is 8.82. The van der Waals surface area contributed by atoms with Crippen LogP contribution in [-0.2, 0) is 6.42 Å². The Labute approximate surface area is 93.7 Å². The zero-order valence-electron chi connectivity index (χ0n) is 9.07. The molecular weight excluding hydrogens is 200 g/mol. The molecule has 0 saturated carbocycles. The van der Waals surface area contributed by atoms with Crippen molar-refractivity contribution in [2.75, 3.05) is 5.73 Å². The van der Waals surface area contributed by atoms with E-state index < -0.39 is 0 Å². The first-order valence-electron chi connectivity index (χ1n) is 5.21. The fourth-order valence-corrected chi connectivity index (χ4v) is 1.76. The lowest BCUT2D eigenvalue weighted by molar-refractivity contribution is 0.919. The van der Waals surface area contributed by atoms with Crippen molar-refractivity contribution in [2.45, 2.75) is 19.8 Å². The predicted octanol–water partition coefficient (Wildman–Crippen LogP) is 2.04. The molecule has 0 radical (unpaired) electrons. The van der Waals surface area contributed by atoms with Gasteiger partial charge in [-0.1, -0.05) is 31.5 Å². The van der Waals surface area contributed by atoms with Crippen LogP contribution in [0.1, 0.15) is 24.6 Å². The van der Waals surface area contributed by atoms with E-state index in [1.807, 2.05) is 24.3 Å². The Morgan fingerprint density at radius 2 is 2.19 bits per heavy atom. The molecule has 0 unspecified atom stereocenters. The molecule has 0 bridgehead atoms. The molecule has 1 aromatic heterocycles. The summed E-state index contributed by atoms with van der Waals surface area (Å²) in [4.78, 5) is 0.